The molecule has 0 aliphatic carbocycles. The van der Waals surface area contributed by atoms with E-state index in [1.54, 1.807) is 12.7 Å². The maximum Gasteiger partial charge on any atom is 0.0921 e. The van der Waals surface area contributed by atoms with Crippen LogP contribution in [0, 0.1) is 0 Å². The molecular weight excluding hydrogens is 152 g/mol. The van der Waals surface area contributed by atoms with E-state index in [2.05, 4.69) is 26.9 Å². The van der Waals surface area contributed by atoms with Gasteiger partial charge in [0.1, 0.15) is 0 Å². The highest BCUT2D eigenvalue weighted by Gasteiger charge is 2.09. The molecule has 12 heavy (non-hydrogen) atoms. The first kappa shape index (κ1) is 7.09. The van der Waals surface area contributed by atoms with Crippen LogP contribution in [0.3, 0.4) is 0 Å². The second-order valence-electron chi connectivity index (χ2n) is 2.74. The Kier molecular flexibility index (Phi) is 1.66. The van der Waals surface area contributed by atoms with Crippen molar-refractivity contribution in [2.75, 3.05) is 0 Å². The van der Waals surface area contributed by atoms with Crippen LogP contribution in [-0.2, 0) is 0 Å². The van der Waals surface area contributed by atoms with Gasteiger partial charge in [0.15, 0.2) is 0 Å². The minimum atomic E-state index is 0.301. The Morgan fingerprint density at radius 2 is 1.58 bits per heavy atom. The standard InChI is InChI=1S/C8H10N4/c1-6(7-2-9-4-11-7)8-3-10-5-12-8/h2-6H,1H3,(H,9,11)(H,10,12). The van der Waals surface area contributed by atoms with Gasteiger partial charge in [-0.05, 0) is 0 Å². The van der Waals surface area contributed by atoms with Crippen molar-refractivity contribution < 1.29 is 0 Å². The SMILES string of the molecule is CC(c1cnc[nH]1)c1cnc[nH]1. The number of rotatable bonds is 2. The number of aromatic nitrogens is 4. The largest absolute Gasteiger partial charge is 0.348 e. The maximum absolute atomic E-state index is 3.96. The van der Waals surface area contributed by atoms with E-state index in [4.69, 9.17) is 0 Å². The molecule has 62 valence electrons. The molecular formula is C8H10N4. The summed E-state index contributed by atoms with van der Waals surface area (Å²) in [6, 6.07) is 0. The summed E-state index contributed by atoms with van der Waals surface area (Å²) in [7, 11) is 0. The van der Waals surface area contributed by atoms with E-state index in [0.717, 1.165) is 11.4 Å². The van der Waals surface area contributed by atoms with Gasteiger partial charge in [0.25, 0.3) is 0 Å². The van der Waals surface area contributed by atoms with E-state index in [1.165, 1.54) is 0 Å². The van der Waals surface area contributed by atoms with Gasteiger partial charge in [-0.2, -0.15) is 0 Å². The lowest BCUT2D eigenvalue weighted by molar-refractivity contribution is 0.850. The molecule has 0 spiro atoms. The van der Waals surface area contributed by atoms with Crippen molar-refractivity contribution in [2.24, 2.45) is 0 Å². The number of nitrogens with one attached hydrogen (secondary N) is 2. The Hall–Kier alpha value is -1.58. The number of aromatic amines is 2. The summed E-state index contributed by atoms with van der Waals surface area (Å²) in [4.78, 5) is 14.1. The van der Waals surface area contributed by atoms with Gasteiger partial charge in [-0.15, -0.1) is 0 Å². The van der Waals surface area contributed by atoms with Crippen LogP contribution >= 0.6 is 0 Å². The van der Waals surface area contributed by atoms with Crippen LogP contribution in [0.25, 0.3) is 0 Å². The van der Waals surface area contributed by atoms with E-state index in [-0.39, 0.29) is 0 Å². The highest BCUT2D eigenvalue weighted by Crippen LogP contribution is 2.18. The van der Waals surface area contributed by atoms with Crippen LogP contribution in [0.4, 0.5) is 0 Å². The predicted octanol–water partition coefficient (Wildman–Crippen LogP) is 1.28. The third-order valence-corrected chi connectivity index (χ3v) is 1.97. The van der Waals surface area contributed by atoms with E-state index in [1.807, 2.05) is 12.4 Å². The Morgan fingerprint density at radius 1 is 1.08 bits per heavy atom. The highest BCUT2D eigenvalue weighted by atomic mass is 14.9. The average Bonchev–Trinajstić information content (AvgIpc) is 2.77. The van der Waals surface area contributed by atoms with Crippen molar-refractivity contribution >= 4 is 0 Å². The fourth-order valence-corrected chi connectivity index (χ4v) is 1.17. The summed E-state index contributed by atoms with van der Waals surface area (Å²) in [6.07, 6.45) is 7.02. The van der Waals surface area contributed by atoms with Gasteiger partial charge in [0, 0.05) is 29.7 Å². The first-order valence-corrected chi connectivity index (χ1v) is 3.84. The Labute approximate surface area is 70.1 Å². The molecule has 0 saturated heterocycles. The third-order valence-electron chi connectivity index (χ3n) is 1.97. The summed E-state index contributed by atoms with van der Waals surface area (Å²) >= 11 is 0. The zero-order chi connectivity index (χ0) is 8.39. The van der Waals surface area contributed by atoms with Crippen molar-refractivity contribution in [1.29, 1.82) is 0 Å². The Morgan fingerprint density at radius 3 is 1.92 bits per heavy atom. The van der Waals surface area contributed by atoms with Gasteiger partial charge in [0.05, 0.1) is 12.7 Å². The lowest BCUT2D eigenvalue weighted by atomic mass is 10.1. The molecule has 4 nitrogen and oxygen atoms in total. The molecule has 0 bridgehead atoms. The lowest BCUT2D eigenvalue weighted by Gasteiger charge is -2.04. The number of H-pyrrole nitrogens is 2. The third kappa shape index (κ3) is 1.11. The zero-order valence-corrected chi connectivity index (χ0v) is 6.78. The smallest absolute Gasteiger partial charge is 0.0921 e. The fourth-order valence-electron chi connectivity index (χ4n) is 1.17. The first-order valence-electron chi connectivity index (χ1n) is 3.84. The summed E-state index contributed by atoms with van der Waals surface area (Å²) in [6.45, 7) is 2.10. The summed E-state index contributed by atoms with van der Waals surface area (Å²) < 4.78 is 0. The number of hydrogen-bond acceptors (Lipinski definition) is 2. The second-order valence-corrected chi connectivity index (χ2v) is 2.74. The van der Waals surface area contributed by atoms with Crippen LogP contribution in [0.2, 0.25) is 0 Å². The summed E-state index contributed by atoms with van der Waals surface area (Å²) in [5.41, 5.74) is 2.19. The quantitative estimate of drug-likeness (QED) is 0.699. The molecule has 0 unspecified atom stereocenters. The van der Waals surface area contributed by atoms with E-state index >= 15 is 0 Å². The molecule has 4 heteroatoms. The molecule has 2 aromatic heterocycles. The van der Waals surface area contributed by atoms with Crippen LogP contribution in [0.1, 0.15) is 24.2 Å². The highest BCUT2D eigenvalue weighted by molar-refractivity contribution is 5.16. The normalized spacial score (nSPS) is 10.8. The lowest BCUT2D eigenvalue weighted by Crippen LogP contribution is -1.95. The molecule has 0 atom stereocenters. The van der Waals surface area contributed by atoms with E-state index in [0.29, 0.717) is 5.92 Å². The van der Waals surface area contributed by atoms with Gasteiger partial charge < -0.3 is 9.97 Å². The van der Waals surface area contributed by atoms with Gasteiger partial charge in [0.2, 0.25) is 0 Å². The van der Waals surface area contributed by atoms with Gasteiger partial charge >= 0.3 is 0 Å². The monoisotopic (exact) mass is 162 g/mol. The molecule has 0 aromatic carbocycles. The first-order chi connectivity index (χ1) is 5.88. The number of hydrogen-bond donors (Lipinski definition) is 2. The van der Waals surface area contributed by atoms with Crippen LogP contribution in [0.15, 0.2) is 25.0 Å². The van der Waals surface area contributed by atoms with Crippen molar-refractivity contribution in [3.05, 3.63) is 36.4 Å². The second kappa shape index (κ2) is 2.81. The minimum Gasteiger partial charge on any atom is -0.348 e. The topological polar surface area (TPSA) is 57.4 Å². The predicted molar refractivity (Wildman–Crippen MR) is 44.7 cm³/mol. The van der Waals surface area contributed by atoms with Crippen LogP contribution in [-0.4, -0.2) is 19.9 Å². The molecule has 2 N–H and O–H groups in total. The van der Waals surface area contributed by atoms with Crippen LogP contribution in [0.5, 0.6) is 0 Å². The molecule has 0 aliphatic rings. The molecule has 2 aromatic rings. The number of nitrogens with zero attached hydrogens (tertiary/aromatic N) is 2. The summed E-state index contributed by atoms with van der Waals surface area (Å²) in [5, 5.41) is 0. The molecule has 0 saturated carbocycles. The van der Waals surface area contributed by atoms with Gasteiger partial charge in [-0.3, -0.25) is 0 Å². The fraction of sp³-hybridized carbons (Fsp3) is 0.250. The summed E-state index contributed by atoms with van der Waals surface area (Å²) in [5.74, 6) is 0.301. The Bertz CT molecular complexity index is 288. The van der Waals surface area contributed by atoms with E-state index in [9.17, 15) is 0 Å². The average molecular weight is 162 g/mol. The molecule has 0 fully saturated rings. The van der Waals surface area contributed by atoms with Gasteiger partial charge in [-0.1, -0.05) is 6.92 Å². The molecule has 0 amide bonds. The zero-order valence-electron chi connectivity index (χ0n) is 6.78. The maximum atomic E-state index is 3.96. The van der Waals surface area contributed by atoms with Gasteiger partial charge in [-0.25, -0.2) is 9.97 Å². The van der Waals surface area contributed by atoms with Crippen molar-refractivity contribution in [1.82, 2.24) is 19.9 Å². The van der Waals surface area contributed by atoms with E-state index < -0.39 is 0 Å². The van der Waals surface area contributed by atoms with Crippen molar-refractivity contribution in [2.45, 2.75) is 12.8 Å². The minimum absolute atomic E-state index is 0.301. The molecule has 0 aliphatic heterocycles. The Balaban J connectivity index is 2.27. The molecule has 2 rings (SSSR count). The molecule has 2 heterocycles. The number of imidazole rings is 2. The van der Waals surface area contributed by atoms with Crippen molar-refractivity contribution in [3.63, 3.8) is 0 Å². The van der Waals surface area contributed by atoms with Crippen LogP contribution < -0.4 is 0 Å². The molecule has 0 radical (unpaired) electrons. The van der Waals surface area contributed by atoms with Crippen molar-refractivity contribution in [3.8, 4) is 0 Å².